The van der Waals surface area contributed by atoms with Crippen molar-refractivity contribution in [2.75, 3.05) is 79.7 Å². The second-order valence-corrected chi connectivity index (χ2v) is 8.35. The summed E-state index contributed by atoms with van der Waals surface area (Å²) in [6.45, 7) is 11.3. The van der Waals surface area contributed by atoms with E-state index in [-0.39, 0.29) is 36.4 Å². The van der Waals surface area contributed by atoms with E-state index < -0.39 is 0 Å². The second kappa shape index (κ2) is 16.0. The number of aliphatic imine (C=N–C) groups is 1. The lowest BCUT2D eigenvalue weighted by Crippen LogP contribution is -2.43. The van der Waals surface area contributed by atoms with Crippen molar-refractivity contribution in [3.05, 3.63) is 0 Å². The number of piperidine rings is 1. The van der Waals surface area contributed by atoms with Crippen molar-refractivity contribution >= 4 is 35.8 Å². The Labute approximate surface area is 200 Å². The van der Waals surface area contributed by atoms with Crippen molar-refractivity contribution in [2.24, 2.45) is 4.99 Å². The van der Waals surface area contributed by atoms with E-state index in [2.05, 4.69) is 32.3 Å². The molecule has 8 nitrogen and oxygen atoms in total. The summed E-state index contributed by atoms with van der Waals surface area (Å²) < 4.78 is 5.40. The first-order valence-corrected chi connectivity index (χ1v) is 11.3. The van der Waals surface area contributed by atoms with Crippen LogP contribution in [0.15, 0.2) is 4.99 Å². The van der Waals surface area contributed by atoms with E-state index in [1.807, 2.05) is 0 Å². The molecular weight excluding hydrogens is 495 g/mol. The third-order valence-electron chi connectivity index (χ3n) is 5.77. The monoisotopic (exact) mass is 538 g/mol. The van der Waals surface area contributed by atoms with Gasteiger partial charge in [0.25, 0.3) is 0 Å². The van der Waals surface area contributed by atoms with Gasteiger partial charge in [-0.1, -0.05) is 6.42 Å². The fourth-order valence-corrected chi connectivity index (χ4v) is 3.78. The molecule has 1 atom stereocenters. The van der Waals surface area contributed by atoms with E-state index in [9.17, 15) is 4.79 Å². The van der Waals surface area contributed by atoms with E-state index in [0.29, 0.717) is 6.04 Å². The molecule has 2 aliphatic rings. The van der Waals surface area contributed by atoms with Gasteiger partial charge >= 0.3 is 0 Å². The smallest absolute Gasteiger partial charge is 0.243 e. The molecule has 0 saturated carbocycles. The molecule has 0 radical (unpaired) electrons. The Bertz CT molecular complexity index is 500. The number of carbonyl (C=O) groups excluding carboxylic acids is 1. The fraction of sp³-hybridized carbons (Fsp3) is 0.905. The van der Waals surface area contributed by atoms with E-state index in [0.717, 1.165) is 71.3 Å². The van der Waals surface area contributed by atoms with Gasteiger partial charge < -0.3 is 25.2 Å². The SMILES string of the molecule is CC1CCCCN1CCCNC(=NCC(=O)N(C)C)NCCCN1CCOCC1.I. The zero-order valence-electron chi connectivity index (χ0n) is 19.2. The van der Waals surface area contributed by atoms with E-state index in [4.69, 9.17) is 4.74 Å². The lowest BCUT2D eigenvalue weighted by Gasteiger charge is -2.33. The third-order valence-corrected chi connectivity index (χ3v) is 5.77. The largest absolute Gasteiger partial charge is 0.379 e. The van der Waals surface area contributed by atoms with Gasteiger partial charge in [-0.25, -0.2) is 4.99 Å². The number of likely N-dealkylation sites (tertiary alicyclic amines) is 1. The molecule has 2 saturated heterocycles. The van der Waals surface area contributed by atoms with Gasteiger partial charge in [0.2, 0.25) is 5.91 Å². The van der Waals surface area contributed by atoms with Gasteiger partial charge in [-0.2, -0.15) is 0 Å². The van der Waals surface area contributed by atoms with Crippen LogP contribution in [-0.2, 0) is 9.53 Å². The summed E-state index contributed by atoms with van der Waals surface area (Å²) in [5.74, 6) is 0.760. The van der Waals surface area contributed by atoms with E-state index in [1.165, 1.54) is 25.8 Å². The first-order valence-electron chi connectivity index (χ1n) is 11.3. The summed E-state index contributed by atoms with van der Waals surface area (Å²) in [5, 5.41) is 6.81. The maximum atomic E-state index is 11.9. The highest BCUT2D eigenvalue weighted by Gasteiger charge is 2.17. The zero-order chi connectivity index (χ0) is 20.9. The van der Waals surface area contributed by atoms with Crippen LogP contribution in [0.5, 0.6) is 0 Å². The van der Waals surface area contributed by atoms with Crippen molar-refractivity contribution in [3.63, 3.8) is 0 Å². The Kier molecular flexibility index (Phi) is 14.6. The number of morpholine rings is 1. The Morgan fingerprint density at radius 2 is 1.73 bits per heavy atom. The second-order valence-electron chi connectivity index (χ2n) is 8.35. The number of nitrogens with zero attached hydrogens (tertiary/aromatic N) is 4. The lowest BCUT2D eigenvalue weighted by atomic mass is 10.0. The number of guanidine groups is 1. The molecule has 2 rings (SSSR count). The Morgan fingerprint density at radius 3 is 2.37 bits per heavy atom. The summed E-state index contributed by atoms with van der Waals surface area (Å²) in [4.78, 5) is 23.0. The maximum absolute atomic E-state index is 11.9. The molecule has 9 heteroatoms. The molecule has 0 aromatic carbocycles. The predicted octanol–water partition coefficient (Wildman–Crippen LogP) is 1.21. The molecule has 0 aromatic rings. The van der Waals surface area contributed by atoms with Crippen LogP contribution in [0.4, 0.5) is 0 Å². The number of hydrogen-bond acceptors (Lipinski definition) is 5. The minimum absolute atomic E-state index is 0. The normalized spacial score (nSPS) is 21.0. The number of rotatable bonds is 10. The van der Waals surface area contributed by atoms with Crippen molar-refractivity contribution in [1.29, 1.82) is 0 Å². The van der Waals surface area contributed by atoms with Crippen LogP contribution >= 0.6 is 24.0 Å². The number of halogens is 1. The minimum Gasteiger partial charge on any atom is -0.379 e. The van der Waals surface area contributed by atoms with Crippen LogP contribution in [0.1, 0.15) is 39.0 Å². The number of likely N-dealkylation sites (N-methyl/N-ethyl adjacent to an activating group) is 1. The minimum atomic E-state index is 0. The van der Waals surface area contributed by atoms with Crippen molar-refractivity contribution in [2.45, 2.75) is 45.1 Å². The average Bonchev–Trinajstić information content (AvgIpc) is 2.73. The topological polar surface area (TPSA) is 72.4 Å². The molecule has 0 aromatic heterocycles. The van der Waals surface area contributed by atoms with Crippen molar-refractivity contribution in [1.82, 2.24) is 25.3 Å². The van der Waals surface area contributed by atoms with Gasteiger partial charge in [0, 0.05) is 52.9 Å². The Hall–Kier alpha value is -0.650. The van der Waals surface area contributed by atoms with Gasteiger partial charge in [0.1, 0.15) is 6.54 Å². The number of nitrogens with one attached hydrogen (secondary N) is 2. The molecule has 1 unspecified atom stereocenters. The average molecular weight is 539 g/mol. The van der Waals surface area contributed by atoms with Crippen LogP contribution in [0.25, 0.3) is 0 Å². The summed E-state index contributed by atoms with van der Waals surface area (Å²) in [7, 11) is 3.53. The molecule has 2 aliphatic heterocycles. The van der Waals surface area contributed by atoms with Crippen molar-refractivity contribution < 1.29 is 9.53 Å². The van der Waals surface area contributed by atoms with E-state index >= 15 is 0 Å². The van der Waals surface area contributed by atoms with Crippen LogP contribution in [0.3, 0.4) is 0 Å². The maximum Gasteiger partial charge on any atom is 0.243 e. The molecule has 176 valence electrons. The molecular formula is C21H43IN6O2. The highest BCUT2D eigenvalue weighted by atomic mass is 127. The summed E-state index contributed by atoms with van der Waals surface area (Å²) >= 11 is 0. The molecule has 2 N–H and O–H groups in total. The summed E-state index contributed by atoms with van der Waals surface area (Å²) in [6, 6.07) is 0.702. The van der Waals surface area contributed by atoms with Gasteiger partial charge in [0.05, 0.1) is 13.2 Å². The Balaban J connectivity index is 0.00000450. The molecule has 30 heavy (non-hydrogen) atoms. The molecule has 2 heterocycles. The fourth-order valence-electron chi connectivity index (χ4n) is 3.78. The highest BCUT2D eigenvalue weighted by Crippen LogP contribution is 2.15. The van der Waals surface area contributed by atoms with Crippen molar-refractivity contribution in [3.8, 4) is 0 Å². The molecule has 1 amide bonds. The van der Waals surface area contributed by atoms with Crippen LogP contribution in [-0.4, -0.2) is 112 Å². The Morgan fingerprint density at radius 1 is 1.07 bits per heavy atom. The predicted molar refractivity (Wildman–Crippen MR) is 134 cm³/mol. The quantitative estimate of drug-likeness (QED) is 0.189. The molecule has 0 aliphatic carbocycles. The van der Waals surface area contributed by atoms with Gasteiger partial charge in [-0.05, 0) is 45.7 Å². The first-order chi connectivity index (χ1) is 14.1. The standard InChI is InChI=1S/C21H42N6O2.HI/c1-19-8-4-5-12-27(19)13-7-10-23-21(24-18-20(28)25(2)3)22-9-6-11-26-14-16-29-17-15-26;/h19H,4-18H2,1-3H3,(H2,22,23,24);1H. The summed E-state index contributed by atoms with van der Waals surface area (Å²) in [6.07, 6.45) is 6.13. The molecule has 0 bridgehead atoms. The molecule has 0 spiro atoms. The number of amides is 1. The van der Waals surface area contributed by atoms with Gasteiger partial charge in [-0.3, -0.25) is 9.69 Å². The van der Waals surface area contributed by atoms with E-state index in [1.54, 1.807) is 19.0 Å². The van der Waals surface area contributed by atoms with Gasteiger partial charge in [0.15, 0.2) is 5.96 Å². The first kappa shape index (κ1) is 27.4. The number of carbonyl (C=O) groups is 1. The summed E-state index contributed by atoms with van der Waals surface area (Å²) in [5.41, 5.74) is 0. The highest BCUT2D eigenvalue weighted by molar-refractivity contribution is 14.0. The van der Waals surface area contributed by atoms with Crippen LogP contribution in [0.2, 0.25) is 0 Å². The number of ether oxygens (including phenoxy) is 1. The molecule has 2 fully saturated rings. The van der Waals surface area contributed by atoms with Gasteiger partial charge in [-0.15, -0.1) is 24.0 Å². The lowest BCUT2D eigenvalue weighted by molar-refractivity contribution is -0.127. The third kappa shape index (κ3) is 11.1. The van der Waals surface area contributed by atoms with Crippen LogP contribution in [0, 0.1) is 0 Å². The zero-order valence-corrected chi connectivity index (χ0v) is 21.5. The number of hydrogen-bond donors (Lipinski definition) is 2. The van der Waals surface area contributed by atoms with Crippen LogP contribution < -0.4 is 10.6 Å².